The Hall–Kier alpha value is -1.64. The first-order valence-electron chi connectivity index (χ1n) is 6.42. The highest BCUT2D eigenvalue weighted by Crippen LogP contribution is 2.14. The van der Waals surface area contributed by atoms with Gasteiger partial charge in [0.15, 0.2) is 0 Å². The number of rotatable bonds is 6. The number of carbonyl (C=O) groups excluding carboxylic acids is 1. The molecule has 0 radical (unpaired) electrons. The molecule has 1 aromatic rings. The molecule has 0 spiro atoms. The molecule has 3 heteroatoms. The molecule has 0 fully saturated rings. The van der Waals surface area contributed by atoms with Crippen LogP contribution in [0.4, 0.5) is 0 Å². The molecule has 0 atom stereocenters. The highest BCUT2D eigenvalue weighted by Gasteiger charge is 2.10. The molecule has 0 aliphatic rings. The number of nitrogens with zero attached hydrogens (tertiary/aromatic N) is 1. The first-order valence-corrected chi connectivity index (χ1v) is 6.42. The van der Waals surface area contributed by atoms with Crippen molar-refractivity contribution in [1.82, 2.24) is 0 Å². The van der Waals surface area contributed by atoms with Crippen LogP contribution in [0.25, 0.3) is 0 Å². The van der Waals surface area contributed by atoms with E-state index < -0.39 is 0 Å². The van der Waals surface area contributed by atoms with Crippen molar-refractivity contribution >= 4 is 11.7 Å². The first kappa shape index (κ1) is 14.4. The van der Waals surface area contributed by atoms with Gasteiger partial charge >= 0.3 is 5.97 Å². The summed E-state index contributed by atoms with van der Waals surface area (Å²) in [4.78, 5) is 15.7. The summed E-state index contributed by atoms with van der Waals surface area (Å²) in [5.41, 5.74) is 3.38. The van der Waals surface area contributed by atoms with Crippen molar-refractivity contribution in [3.8, 4) is 0 Å². The van der Waals surface area contributed by atoms with Gasteiger partial charge in [-0.05, 0) is 24.5 Å². The van der Waals surface area contributed by atoms with Crippen molar-refractivity contribution in [2.24, 2.45) is 4.99 Å². The Morgan fingerprint density at radius 3 is 2.56 bits per heavy atom. The molecule has 0 unspecified atom stereocenters. The Morgan fingerprint density at radius 1 is 1.22 bits per heavy atom. The van der Waals surface area contributed by atoms with Crippen molar-refractivity contribution in [3.05, 3.63) is 35.4 Å². The van der Waals surface area contributed by atoms with Gasteiger partial charge in [-0.25, -0.2) is 0 Å². The lowest BCUT2D eigenvalue weighted by atomic mass is 9.98. The van der Waals surface area contributed by atoms with Gasteiger partial charge in [-0.1, -0.05) is 31.2 Å². The molecule has 98 valence electrons. The molecular weight excluding hydrogens is 226 g/mol. The van der Waals surface area contributed by atoms with Crippen LogP contribution in [0.5, 0.6) is 0 Å². The second-order valence-electron chi connectivity index (χ2n) is 3.99. The van der Waals surface area contributed by atoms with Crippen LogP contribution < -0.4 is 0 Å². The monoisotopic (exact) mass is 247 g/mol. The SMILES string of the molecule is CCOC(=O)CCC(=NC)c1ccccc1CC. The molecule has 0 N–H and O–H groups in total. The lowest BCUT2D eigenvalue weighted by Crippen LogP contribution is -2.10. The standard InChI is InChI=1S/C15H21NO2/c1-4-12-8-6-7-9-13(12)14(16-3)10-11-15(17)18-5-2/h6-9H,4-5,10-11H2,1-3H3. The van der Waals surface area contributed by atoms with E-state index in [0.29, 0.717) is 19.4 Å². The minimum Gasteiger partial charge on any atom is -0.466 e. The van der Waals surface area contributed by atoms with Crippen molar-refractivity contribution in [2.75, 3.05) is 13.7 Å². The molecule has 1 rings (SSSR count). The Morgan fingerprint density at radius 2 is 1.94 bits per heavy atom. The van der Waals surface area contributed by atoms with Crippen LogP contribution in [0, 0.1) is 0 Å². The van der Waals surface area contributed by atoms with E-state index in [9.17, 15) is 4.79 Å². The number of hydrogen-bond acceptors (Lipinski definition) is 3. The van der Waals surface area contributed by atoms with E-state index in [1.54, 1.807) is 7.05 Å². The van der Waals surface area contributed by atoms with Crippen LogP contribution in [0.1, 0.15) is 37.8 Å². The fraction of sp³-hybridized carbons (Fsp3) is 0.467. The summed E-state index contributed by atoms with van der Waals surface area (Å²) in [6.45, 7) is 4.37. The average Bonchev–Trinajstić information content (AvgIpc) is 2.40. The van der Waals surface area contributed by atoms with Gasteiger partial charge in [-0.15, -0.1) is 0 Å². The van der Waals surface area contributed by atoms with Gasteiger partial charge in [-0.3, -0.25) is 9.79 Å². The molecule has 0 saturated carbocycles. The van der Waals surface area contributed by atoms with Crippen LogP contribution in [0.15, 0.2) is 29.3 Å². The van der Waals surface area contributed by atoms with E-state index in [2.05, 4.69) is 24.0 Å². The van der Waals surface area contributed by atoms with E-state index >= 15 is 0 Å². The average molecular weight is 247 g/mol. The van der Waals surface area contributed by atoms with Gasteiger partial charge in [-0.2, -0.15) is 0 Å². The fourth-order valence-corrected chi connectivity index (χ4v) is 1.93. The number of aliphatic imine (C=N–C) groups is 1. The summed E-state index contributed by atoms with van der Waals surface area (Å²) in [6.07, 6.45) is 1.99. The van der Waals surface area contributed by atoms with E-state index in [4.69, 9.17) is 4.74 Å². The van der Waals surface area contributed by atoms with Crippen molar-refractivity contribution in [1.29, 1.82) is 0 Å². The normalized spacial score (nSPS) is 11.4. The molecule has 0 amide bonds. The third-order valence-corrected chi connectivity index (χ3v) is 2.85. The summed E-state index contributed by atoms with van der Waals surface area (Å²) in [6, 6.07) is 8.20. The van der Waals surface area contributed by atoms with Gasteiger partial charge in [0.05, 0.1) is 13.0 Å². The van der Waals surface area contributed by atoms with E-state index in [-0.39, 0.29) is 5.97 Å². The highest BCUT2D eigenvalue weighted by molar-refractivity contribution is 6.02. The minimum absolute atomic E-state index is 0.160. The predicted molar refractivity (Wildman–Crippen MR) is 74.1 cm³/mol. The van der Waals surface area contributed by atoms with E-state index in [1.807, 2.05) is 19.1 Å². The maximum atomic E-state index is 11.4. The van der Waals surface area contributed by atoms with Crippen LogP contribution in [-0.2, 0) is 16.0 Å². The molecule has 1 aromatic carbocycles. The zero-order valence-electron chi connectivity index (χ0n) is 11.4. The lowest BCUT2D eigenvalue weighted by Gasteiger charge is -2.10. The second kappa shape index (κ2) is 7.64. The van der Waals surface area contributed by atoms with Crippen LogP contribution in [-0.4, -0.2) is 25.3 Å². The maximum Gasteiger partial charge on any atom is 0.306 e. The van der Waals surface area contributed by atoms with Gasteiger partial charge in [0.25, 0.3) is 0 Å². The quantitative estimate of drug-likeness (QED) is 0.572. The largest absolute Gasteiger partial charge is 0.466 e. The smallest absolute Gasteiger partial charge is 0.306 e. The van der Waals surface area contributed by atoms with Gasteiger partial charge in [0.1, 0.15) is 0 Å². The topological polar surface area (TPSA) is 38.7 Å². The molecular formula is C15H21NO2. The van der Waals surface area contributed by atoms with E-state index in [0.717, 1.165) is 17.7 Å². The molecule has 0 aliphatic carbocycles. The third kappa shape index (κ3) is 3.99. The number of hydrogen-bond donors (Lipinski definition) is 0. The molecule has 0 bridgehead atoms. The fourth-order valence-electron chi connectivity index (χ4n) is 1.93. The Bertz CT molecular complexity index is 424. The van der Waals surface area contributed by atoms with Crippen LogP contribution >= 0.6 is 0 Å². The highest BCUT2D eigenvalue weighted by atomic mass is 16.5. The summed E-state index contributed by atoms with van der Waals surface area (Å²) in [5.74, 6) is -0.160. The Kier molecular flexibility index (Phi) is 6.12. The summed E-state index contributed by atoms with van der Waals surface area (Å²) < 4.78 is 4.94. The Balaban J connectivity index is 2.75. The van der Waals surface area contributed by atoms with Gasteiger partial charge < -0.3 is 4.74 Å². The zero-order valence-corrected chi connectivity index (χ0v) is 11.4. The number of benzene rings is 1. The molecule has 0 aliphatic heterocycles. The van der Waals surface area contributed by atoms with Crippen LogP contribution in [0.3, 0.4) is 0 Å². The number of ether oxygens (including phenoxy) is 1. The second-order valence-corrected chi connectivity index (χ2v) is 3.99. The summed E-state index contributed by atoms with van der Waals surface area (Å²) in [5, 5.41) is 0. The van der Waals surface area contributed by atoms with Gasteiger partial charge in [0, 0.05) is 19.2 Å². The van der Waals surface area contributed by atoms with Crippen molar-refractivity contribution < 1.29 is 9.53 Å². The Labute approximate surface area is 109 Å². The van der Waals surface area contributed by atoms with Crippen molar-refractivity contribution in [2.45, 2.75) is 33.1 Å². The molecule has 18 heavy (non-hydrogen) atoms. The summed E-state index contributed by atoms with van der Waals surface area (Å²) >= 11 is 0. The number of aryl methyl sites for hydroxylation is 1. The first-order chi connectivity index (χ1) is 8.72. The number of carbonyl (C=O) groups is 1. The minimum atomic E-state index is -0.160. The molecule has 3 nitrogen and oxygen atoms in total. The lowest BCUT2D eigenvalue weighted by molar-refractivity contribution is -0.142. The number of esters is 1. The predicted octanol–water partition coefficient (Wildman–Crippen LogP) is 3.01. The van der Waals surface area contributed by atoms with E-state index in [1.165, 1.54) is 5.56 Å². The van der Waals surface area contributed by atoms with Gasteiger partial charge in [0.2, 0.25) is 0 Å². The third-order valence-electron chi connectivity index (χ3n) is 2.85. The molecule has 0 aromatic heterocycles. The molecule has 0 heterocycles. The summed E-state index contributed by atoms with van der Waals surface area (Å²) in [7, 11) is 1.77. The molecule has 0 saturated heterocycles. The zero-order chi connectivity index (χ0) is 13.4. The van der Waals surface area contributed by atoms with Crippen LogP contribution in [0.2, 0.25) is 0 Å². The van der Waals surface area contributed by atoms with Crippen molar-refractivity contribution in [3.63, 3.8) is 0 Å². The maximum absolute atomic E-state index is 11.4.